The SMILES string of the molecule is COc1cc(C(=O)NCC2CCCN(Cc3cccc(F)c3)C2)ccn1. The molecule has 3 rings (SSSR count). The molecule has 1 N–H and O–H groups in total. The highest BCUT2D eigenvalue weighted by molar-refractivity contribution is 5.94. The van der Waals surface area contributed by atoms with E-state index in [1.54, 1.807) is 30.5 Å². The first-order chi connectivity index (χ1) is 12.6. The van der Waals surface area contributed by atoms with Gasteiger partial charge in [0.05, 0.1) is 7.11 Å². The monoisotopic (exact) mass is 357 g/mol. The molecule has 1 amide bonds. The molecule has 0 radical (unpaired) electrons. The summed E-state index contributed by atoms with van der Waals surface area (Å²) in [7, 11) is 1.53. The minimum atomic E-state index is -0.198. The summed E-state index contributed by atoms with van der Waals surface area (Å²) in [5.74, 6) is 0.505. The fourth-order valence-corrected chi connectivity index (χ4v) is 3.36. The van der Waals surface area contributed by atoms with Gasteiger partial charge in [0, 0.05) is 37.5 Å². The summed E-state index contributed by atoms with van der Waals surface area (Å²) in [5.41, 5.74) is 1.53. The number of amides is 1. The van der Waals surface area contributed by atoms with Gasteiger partial charge in [0.25, 0.3) is 5.91 Å². The number of hydrogen-bond acceptors (Lipinski definition) is 4. The molecule has 2 aromatic rings. The largest absolute Gasteiger partial charge is 0.481 e. The molecular formula is C20H24FN3O2. The maximum Gasteiger partial charge on any atom is 0.251 e. The second-order valence-corrected chi connectivity index (χ2v) is 6.67. The van der Waals surface area contributed by atoms with Crippen LogP contribution in [0.4, 0.5) is 4.39 Å². The number of piperidine rings is 1. The molecule has 0 bridgehead atoms. The zero-order chi connectivity index (χ0) is 18.4. The predicted octanol–water partition coefficient (Wildman–Crippen LogP) is 2.87. The molecule has 1 aliphatic rings. The number of aromatic nitrogens is 1. The van der Waals surface area contributed by atoms with Crippen molar-refractivity contribution in [3.05, 3.63) is 59.5 Å². The van der Waals surface area contributed by atoms with E-state index in [2.05, 4.69) is 15.2 Å². The number of nitrogens with one attached hydrogen (secondary N) is 1. The van der Waals surface area contributed by atoms with Gasteiger partial charge in [-0.1, -0.05) is 12.1 Å². The Kier molecular flexibility index (Phi) is 6.17. The smallest absolute Gasteiger partial charge is 0.251 e. The fraction of sp³-hybridized carbons (Fsp3) is 0.400. The minimum absolute atomic E-state index is 0.118. The summed E-state index contributed by atoms with van der Waals surface area (Å²) < 4.78 is 18.4. The summed E-state index contributed by atoms with van der Waals surface area (Å²) in [6.45, 7) is 3.27. The normalized spacial score (nSPS) is 17.7. The number of hydrogen-bond donors (Lipinski definition) is 1. The van der Waals surface area contributed by atoms with E-state index in [4.69, 9.17) is 4.74 Å². The number of halogens is 1. The van der Waals surface area contributed by atoms with Gasteiger partial charge in [-0.05, 0) is 49.1 Å². The molecule has 0 spiro atoms. The van der Waals surface area contributed by atoms with Crippen LogP contribution in [0, 0.1) is 11.7 Å². The van der Waals surface area contributed by atoms with E-state index in [0.29, 0.717) is 23.9 Å². The van der Waals surface area contributed by atoms with E-state index in [-0.39, 0.29) is 11.7 Å². The highest BCUT2D eigenvalue weighted by Crippen LogP contribution is 2.19. The van der Waals surface area contributed by atoms with Gasteiger partial charge in [-0.3, -0.25) is 9.69 Å². The molecule has 1 aliphatic heterocycles. The second-order valence-electron chi connectivity index (χ2n) is 6.67. The van der Waals surface area contributed by atoms with Gasteiger partial charge >= 0.3 is 0 Å². The van der Waals surface area contributed by atoms with Crippen molar-refractivity contribution in [2.75, 3.05) is 26.7 Å². The van der Waals surface area contributed by atoms with Crippen LogP contribution in [0.2, 0.25) is 0 Å². The maximum absolute atomic E-state index is 13.3. The van der Waals surface area contributed by atoms with Crippen molar-refractivity contribution in [1.82, 2.24) is 15.2 Å². The Balaban J connectivity index is 1.51. The Morgan fingerprint density at radius 3 is 3.08 bits per heavy atom. The number of likely N-dealkylation sites (tertiary alicyclic amines) is 1. The van der Waals surface area contributed by atoms with Crippen LogP contribution in [0.5, 0.6) is 5.88 Å². The van der Waals surface area contributed by atoms with Crippen molar-refractivity contribution in [3.8, 4) is 5.88 Å². The molecule has 26 heavy (non-hydrogen) atoms. The number of nitrogens with zero attached hydrogens (tertiary/aromatic N) is 2. The number of pyridine rings is 1. The maximum atomic E-state index is 13.3. The van der Waals surface area contributed by atoms with E-state index >= 15 is 0 Å². The summed E-state index contributed by atoms with van der Waals surface area (Å²) in [5, 5.41) is 3.00. The van der Waals surface area contributed by atoms with Crippen LogP contribution in [0.1, 0.15) is 28.8 Å². The first-order valence-electron chi connectivity index (χ1n) is 8.89. The van der Waals surface area contributed by atoms with E-state index in [1.807, 2.05) is 6.07 Å². The van der Waals surface area contributed by atoms with Gasteiger partial charge in [-0.15, -0.1) is 0 Å². The molecule has 1 saturated heterocycles. The van der Waals surface area contributed by atoms with Crippen LogP contribution in [-0.2, 0) is 6.54 Å². The number of methoxy groups -OCH3 is 1. The van der Waals surface area contributed by atoms with Crippen molar-refractivity contribution >= 4 is 5.91 Å². The summed E-state index contributed by atoms with van der Waals surface area (Å²) >= 11 is 0. The number of carbonyl (C=O) groups excluding carboxylic acids is 1. The van der Waals surface area contributed by atoms with Crippen molar-refractivity contribution in [2.45, 2.75) is 19.4 Å². The lowest BCUT2D eigenvalue weighted by atomic mass is 9.97. The van der Waals surface area contributed by atoms with E-state index in [1.165, 1.54) is 13.2 Å². The number of ether oxygens (including phenoxy) is 1. The molecule has 1 unspecified atom stereocenters. The number of carbonyl (C=O) groups is 1. The second kappa shape index (κ2) is 8.76. The average molecular weight is 357 g/mol. The minimum Gasteiger partial charge on any atom is -0.481 e. The van der Waals surface area contributed by atoms with Gasteiger partial charge in [0.2, 0.25) is 5.88 Å². The highest BCUT2D eigenvalue weighted by atomic mass is 19.1. The van der Waals surface area contributed by atoms with E-state index < -0.39 is 0 Å². The summed E-state index contributed by atoms with van der Waals surface area (Å²) in [6.07, 6.45) is 3.73. The van der Waals surface area contributed by atoms with Crippen LogP contribution in [0.3, 0.4) is 0 Å². The first-order valence-corrected chi connectivity index (χ1v) is 8.89. The summed E-state index contributed by atoms with van der Waals surface area (Å²) in [6, 6.07) is 10.1. The third-order valence-corrected chi connectivity index (χ3v) is 4.66. The molecular weight excluding hydrogens is 333 g/mol. The molecule has 6 heteroatoms. The molecule has 1 aromatic heterocycles. The lowest BCUT2D eigenvalue weighted by molar-refractivity contribution is 0.0930. The topological polar surface area (TPSA) is 54.5 Å². The summed E-state index contributed by atoms with van der Waals surface area (Å²) in [4.78, 5) is 18.7. The number of benzene rings is 1. The molecule has 1 atom stereocenters. The Hall–Kier alpha value is -2.47. The number of rotatable bonds is 6. The van der Waals surface area contributed by atoms with Gasteiger partial charge < -0.3 is 10.1 Å². The quantitative estimate of drug-likeness (QED) is 0.864. The molecule has 2 heterocycles. The van der Waals surface area contributed by atoms with Gasteiger partial charge in [-0.25, -0.2) is 9.37 Å². The lowest BCUT2D eigenvalue weighted by Crippen LogP contribution is -2.40. The molecule has 0 saturated carbocycles. The van der Waals surface area contributed by atoms with Crippen molar-refractivity contribution in [3.63, 3.8) is 0 Å². The highest BCUT2D eigenvalue weighted by Gasteiger charge is 2.21. The van der Waals surface area contributed by atoms with Crippen LogP contribution in [0.25, 0.3) is 0 Å². The Morgan fingerprint density at radius 2 is 2.27 bits per heavy atom. The standard InChI is InChI=1S/C20H24FN3O2/c1-26-19-11-17(7-8-22-19)20(25)23-12-16-5-3-9-24(14-16)13-15-4-2-6-18(21)10-15/h2,4,6-8,10-11,16H,3,5,9,12-14H2,1H3,(H,23,25). The van der Waals surface area contributed by atoms with E-state index in [9.17, 15) is 9.18 Å². The molecule has 5 nitrogen and oxygen atoms in total. The Labute approximate surface area is 153 Å². The van der Waals surface area contributed by atoms with Crippen molar-refractivity contribution < 1.29 is 13.9 Å². The third-order valence-electron chi connectivity index (χ3n) is 4.66. The van der Waals surface area contributed by atoms with E-state index in [0.717, 1.165) is 38.0 Å². The fourth-order valence-electron chi connectivity index (χ4n) is 3.36. The van der Waals surface area contributed by atoms with Gasteiger partial charge in [0.1, 0.15) is 5.82 Å². The van der Waals surface area contributed by atoms with Crippen LogP contribution < -0.4 is 10.1 Å². The molecule has 1 fully saturated rings. The lowest BCUT2D eigenvalue weighted by Gasteiger charge is -2.32. The zero-order valence-corrected chi connectivity index (χ0v) is 15.0. The first kappa shape index (κ1) is 18.3. The van der Waals surface area contributed by atoms with Crippen LogP contribution >= 0.6 is 0 Å². The van der Waals surface area contributed by atoms with Crippen LogP contribution in [-0.4, -0.2) is 42.5 Å². The van der Waals surface area contributed by atoms with Gasteiger partial charge in [0.15, 0.2) is 0 Å². The Bertz CT molecular complexity index is 753. The third kappa shape index (κ3) is 5.02. The Morgan fingerprint density at radius 1 is 1.38 bits per heavy atom. The average Bonchev–Trinajstić information content (AvgIpc) is 2.66. The molecule has 0 aliphatic carbocycles. The molecule has 138 valence electrons. The zero-order valence-electron chi connectivity index (χ0n) is 15.0. The van der Waals surface area contributed by atoms with Crippen molar-refractivity contribution in [1.29, 1.82) is 0 Å². The molecule has 1 aromatic carbocycles. The predicted molar refractivity (Wildman–Crippen MR) is 97.5 cm³/mol. The van der Waals surface area contributed by atoms with Crippen molar-refractivity contribution in [2.24, 2.45) is 5.92 Å². The van der Waals surface area contributed by atoms with Crippen LogP contribution in [0.15, 0.2) is 42.6 Å². The van der Waals surface area contributed by atoms with Gasteiger partial charge in [-0.2, -0.15) is 0 Å².